The molecule has 0 spiro atoms. The summed E-state index contributed by atoms with van der Waals surface area (Å²) < 4.78 is 4.80. The third-order valence-corrected chi connectivity index (χ3v) is 4.66. The van der Waals surface area contributed by atoms with Crippen molar-refractivity contribution in [1.29, 1.82) is 5.26 Å². The second kappa shape index (κ2) is 5.69. The summed E-state index contributed by atoms with van der Waals surface area (Å²) in [6.07, 6.45) is 0. The van der Waals surface area contributed by atoms with Crippen molar-refractivity contribution in [1.82, 2.24) is 4.90 Å². The number of nitrogens with two attached hydrogens (primary N) is 1. The van der Waals surface area contributed by atoms with Gasteiger partial charge in [-0.25, -0.2) is 4.79 Å². The van der Waals surface area contributed by atoms with Gasteiger partial charge in [0.15, 0.2) is 0 Å². The highest BCUT2D eigenvalue weighted by atomic mass is 32.1. The van der Waals surface area contributed by atoms with Crippen LogP contribution < -0.4 is 10.6 Å². The van der Waals surface area contributed by atoms with Crippen LogP contribution in [0.3, 0.4) is 0 Å². The van der Waals surface area contributed by atoms with Gasteiger partial charge in [0.1, 0.15) is 21.5 Å². The lowest BCUT2D eigenvalue weighted by Crippen LogP contribution is -2.50. The van der Waals surface area contributed by atoms with Crippen LogP contribution in [0.25, 0.3) is 0 Å². The van der Waals surface area contributed by atoms with E-state index in [0.717, 1.165) is 24.6 Å². The minimum absolute atomic E-state index is 0.227. The lowest BCUT2D eigenvalue weighted by Gasteiger charge is -2.39. The smallest absolute Gasteiger partial charge is 0.343 e. The summed E-state index contributed by atoms with van der Waals surface area (Å²) in [6, 6.07) is 2.30. The molecule has 1 aromatic heterocycles. The summed E-state index contributed by atoms with van der Waals surface area (Å²) in [7, 11) is 3.39. The fourth-order valence-electron chi connectivity index (χ4n) is 2.46. The van der Waals surface area contributed by atoms with Crippen molar-refractivity contribution >= 4 is 28.0 Å². The number of likely N-dealkylation sites (N-methyl/N-ethyl adjacent to an activating group) is 1. The molecule has 7 heteroatoms. The Morgan fingerprint density at radius 2 is 2.25 bits per heavy atom. The molecular weight excluding hydrogens is 276 g/mol. The van der Waals surface area contributed by atoms with Crippen LogP contribution in [0.15, 0.2) is 0 Å². The number of ether oxygens (including phenoxy) is 1. The summed E-state index contributed by atoms with van der Waals surface area (Å²) in [6.45, 7) is 4.70. The number of piperazine rings is 1. The molecule has 1 fully saturated rings. The van der Waals surface area contributed by atoms with Crippen LogP contribution in [-0.2, 0) is 4.74 Å². The van der Waals surface area contributed by atoms with E-state index in [1.165, 1.54) is 18.4 Å². The number of anilines is 2. The van der Waals surface area contributed by atoms with E-state index in [1.54, 1.807) is 0 Å². The van der Waals surface area contributed by atoms with Gasteiger partial charge in [0.05, 0.1) is 12.8 Å². The minimum atomic E-state index is -0.485. The van der Waals surface area contributed by atoms with Gasteiger partial charge in [-0.05, 0) is 14.0 Å². The fraction of sp³-hybridized carbons (Fsp3) is 0.538. The lowest BCUT2D eigenvalue weighted by molar-refractivity contribution is 0.0603. The average molecular weight is 294 g/mol. The second-order valence-electron chi connectivity index (χ2n) is 4.93. The lowest BCUT2D eigenvalue weighted by atomic mass is 10.1. The molecule has 2 heterocycles. The van der Waals surface area contributed by atoms with E-state index in [0.29, 0.717) is 10.4 Å². The molecule has 20 heavy (non-hydrogen) atoms. The van der Waals surface area contributed by atoms with Gasteiger partial charge in [0, 0.05) is 25.7 Å². The van der Waals surface area contributed by atoms with Crippen LogP contribution in [0, 0.1) is 11.3 Å². The summed E-state index contributed by atoms with van der Waals surface area (Å²) in [4.78, 5) is 16.7. The van der Waals surface area contributed by atoms with Crippen molar-refractivity contribution in [3.63, 3.8) is 0 Å². The van der Waals surface area contributed by atoms with Crippen molar-refractivity contribution in [2.75, 3.05) is 44.4 Å². The van der Waals surface area contributed by atoms with E-state index in [1.807, 2.05) is 6.07 Å². The number of nitriles is 1. The topological polar surface area (TPSA) is 82.6 Å². The number of methoxy groups -OCH3 is 1. The van der Waals surface area contributed by atoms with Crippen LogP contribution in [0.1, 0.15) is 22.2 Å². The molecule has 1 atom stereocenters. The third kappa shape index (κ3) is 2.44. The fourth-order valence-corrected chi connectivity index (χ4v) is 3.59. The molecule has 1 saturated heterocycles. The maximum atomic E-state index is 12.0. The Kier molecular flexibility index (Phi) is 4.16. The maximum Gasteiger partial charge on any atom is 0.343 e. The average Bonchev–Trinajstić information content (AvgIpc) is 2.74. The molecule has 1 aliphatic heterocycles. The van der Waals surface area contributed by atoms with Gasteiger partial charge in [-0.3, -0.25) is 0 Å². The van der Waals surface area contributed by atoms with E-state index < -0.39 is 5.97 Å². The highest BCUT2D eigenvalue weighted by Gasteiger charge is 2.30. The van der Waals surface area contributed by atoms with E-state index in [-0.39, 0.29) is 11.7 Å². The number of carbonyl (C=O) groups excluding carboxylic acids is 1. The van der Waals surface area contributed by atoms with Gasteiger partial charge in [-0.1, -0.05) is 0 Å². The van der Waals surface area contributed by atoms with Crippen LogP contribution in [0.2, 0.25) is 0 Å². The highest BCUT2D eigenvalue weighted by Crippen LogP contribution is 2.39. The van der Waals surface area contributed by atoms with Gasteiger partial charge in [0.2, 0.25) is 0 Å². The van der Waals surface area contributed by atoms with Crippen molar-refractivity contribution in [2.45, 2.75) is 13.0 Å². The molecule has 1 aliphatic rings. The van der Waals surface area contributed by atoms with Gasteiger partial charge in [-0.2, -0.15) is 5.26 Å². The molecule has 2 N–H and O–H groups in total. The first-order valence-corrected chi connectivity index (χ1v) is 7.17. The molecule has 108 valence electrons. The molecule has 0 aromatic carbocycles. The summed E-state index contributed by atoms with van der Waals surface area (Å²) in [5.74, 6) is -0.485. The Morgan fingerprint density at radius 3 is 2.80 bits per heavy atom. The van der Waals surface area contributed by atoms with Gasteiger partial charge >= 0.3 is 5.97 Å². The summed E-state index contributed by atoms with van der Waals surface area (Å²) in [5, 5.41) is 9.86. The Labute approximate surface area is 122 Å². The molecule has 2 rings (SSSR count). The number of hydrogen-bond donors (Lipinski definition) is 1. The zero-order valence-electron chi connectivity index (χ0n) is 11.8. The molecule has 0 saturated carbocycles. The number of esters is 1. The number of rotatable bonds is 2. The predicted molar refractivity (Wildman–Crippen MR) is 79.1 cm³/mol. The van der Waals surface area contributed by atoms with Crippen LogP contribution in [0.4, 0.5) is 10.7 Å². The first kappa shape index (κ1) is 14.6. The molecule has 0 radical (unpaired) electrons. The number of thiophene rings is 1. The summed E-state index contributed by atoms with van der Waals surface area (Å²) >= 11 is 1.26. The van der Waals surface area contributed by atoms with E-state index in [2.05, 4.69) is 23.8 Å². The standard InChI is InChI=1S/C13H18N4O2S/c1-8-7-16(2)4-5-17(8)12-10(13(18)19-3)11(15)9(6-14)20-12/h8H,4-5,7,15H2,1-3H3. The van der Waals surface area contributed by atoms with Crippen LogP contribution in [0.5, 0.6) is 0 Å². The van der Waals surface area contributed by atoms with Crippen molar-refractivity contribution < 1.29 is 9.53 Å². The molecule has 1 unspecified atom stereocenters. The normalized spacial score (nSPS) is 19.7. The quantitative estimate of drug-likeness (QED) is 0.823. The van der Waals surface area contributed by atoms with Crippen molar-refractivity contribution in [3.8, 4) is 6.07 Å². The maximum absolute atomic E-state index is 12.0. The predicted octanol–water partition coefficient (Wildman–Crippen LogP) is 1.13. The number of nitrogen functional groups attached to an aromatic ring is 1. The molecule has 0 aliphatic carbocycles. The Bertz CT molecular complexity index is 563. The Morgan fingerprint density at radius 1 is 1.55 bits per heavy atom. The van der Waals surface area contributed by atoms with E-state index in [9.17, 15) is 4.79 Å². The number of hydrogen-bond acceptors (Lipinski definition) is 7. The zero-order valence-corrected chi connectivity index (χ0v) is 12.7. The molecule has 0 amide bonds. The third-order valence-electron chi connectivity index (χ3n) is 3.51. The Balaban J connectivity index is 2.45. The second-order valence-corrected chi connectivity index (χ2v) is 5.93. The monoisotopic (exact) mass is 294 g/mol. The first-order valence-electron chi connectivity index (χ1n) is 6.35. The Hall–Kier alpha value is -1.78. The SMILES string of the molecule is COC(=O)c1c(N2CCN(C)CC2C)sc(C#N)c1N. The first-order chi connectivity index (χ1) is 9.49. The van der Waals surface area contributed by atoms with Gasteiger partial charge < -0.3 is 20.3 Å². The zero-order chi connectivity index (χ0) is 14.9. The molecule has 0 bridgehead atoms. The molecule has 1 aromatic rings. The van der Waals surface area contributed by atoms with Crippen molar-refractivity contribution in [2.24, 2.45) is 0 Å². The van der Waals surface area contributed by atoms with E-state index in [4.69, 9.17) is 15.7 Å². The molecule has 6 nitrogen and oxygen atoms in total. The summed E-state index contributed by atoms with van der Waals surface area (Å²) in [5.41, 5.74) is 6.47. The van der Waals surface area contributed by atoms with Crippen LogP contribution >= 0.6 is 11.3 Å². The minimum Gasteiger partial charge on any atom is -0.465 e. The number of nitrogens with zero attached hydrogens (tertiary/aromatic N) is 3. The van der Waals surface area contributed by atoms with E-state index >= 15 is 0 Å². The number of carbonyl (C=O) groups is 1. The molecular formula is C13H18N4O2S. The highest BCUT2D eigenvalue weighted by molar-refractivity contribution is 7.17. The van der Waals surface area contributed by atoms with Gasteiger partial charge in [-0.15, -0.1) is 11.3 Å². The van der Waals surface area contributed by atoms with Crippen LogP contribution in [-0.4, -0.2) is 50.7 Å². The largest absolute Gasteiger partial charge is 0.465 e. The van der Waals surface area contributed by atoms with Crippen molar-refractivity contribution in [3.05, 3.63) is 10.4 Å². The van der Waals surface area contributed by atoms with Gasteiger partial charge in [0.25, 0.3) is 0 Å².